The van der Waals surface area contributed by atoms with Crippen LogP contribution in [-0.2, 0) is 19.4 Å². The maximum Gasteiger partial charge on any atom is 0.272 e. The molecular formula is C19H23FN4O. The van der Waals surface area contributed by atoms with Gasteiger partial charge >= 0.3 is 0 Å². The molecule has 2 heterocycles. The van der Waals surface area contributed by atoms with Crippen LogP contribution in [0.2, 0.25) is 0 Å². The Bertz CT molecular complexity index is 801. The van der Waals surface area contributed by atoms with Crippen LogP contribution in [0.1, 0.15) is 45.7 Å². The molecule has 0 radical (unpaired) electrons. The molecule has 1 fully saturated rings. The molecular weight excluding hydrogens is 319 g/mol. The molecule has 1 amide bonds. The number of H-pyrrole nitrogens is 1. The highest BCUT2D eigenvalue weighted by atomic mass is 19.1. The number of amides is 1. The van der Waals surface area contributed by atoms with Crippen LogP contribution in [0.25, 0.3) is 0 Å². The van der Waals surface area contributed by atoms with E-state index in [4.69, 9.17) is 0 Å². The molecule has 4 rings (SSSR count). The summed E-state index contributed by atoms with van der Waals surface area (Å²) in [6.07, 6.45) is 4.01. The van der Waals surface area contributed by atoms with E-state index in [0.717, 1.165) is 54.6 Å². The third-order valence-corrected chi connectivity index (χ3v) is 5.36. The molecule has 5 nitrogen and oxygen atoms in total. The maximum atomic E-state index is 13.9. The molecule has 1 aliphatic carbocycles. The Labute approximate surface area is 146 Å². The molecule has 1 saturated heterocycles. The lowest BCUT2D eigenvalue weighted by Crippen LogP contribution is -2.53. The van der Waals surface area contributed by atoms with Crippen molar-refractivity contribution in [3.8, 4) is 0 Å². The number of fused-ring (bicyclic) bond motifs is 1. The van der Waals surface area contributed by atoms with Crippen molar-refractivity contribution in [2.75, 3.05) is 13.1 Å². The van der Waals surface area contributed by atoms with Crippen molar-refractivity contribution in [1.82, 2.24) is 20.4 Å². The number of carbonyl (C=O) groups excluding carboxylic acids is 1. The number of likely N-dealkylation sites (tertiary alicyclic amines) is 1. The molecule has 1 aliphatic heterocycles. The number of nitrogens with zero attached hydrogens (tertiary/aromatic N) is 2. The van der Waals surface area contributed by atoms with Crippen molar-refractivity contribution < 1.29 is 9.18 Å². The van der Waals surface area contributed by atoms with Crippen LogP contribution < -0.4 is 5.32 Å². The second-order valence-electron chi connectivity index (χ2n) is 7.10. The van der Waals surface area contributed by atoms with Gasteiger partial charge in [-0.15, -0.1) is 0 Å². The Morgan fingerprint density at radius 1 is 1.44 bits per heavy atom. The Morgan fingerprint density at radius 3 is 3.12 bits per heavy atom. The highest BCUT2D eigenvalue weighted by molar-refractivity contribution is 5.94. The zero-order valence-corrected chi connectivity index (χ0v) is 14.4. The molecule has 25 heavy (non-hydrogen) atoms. The first-order chi connectivity index (χ1) is 12.1. The van der Waals surface area contributed by atoms with Gasteiger partial charge in [0, 0.05) is 42.5 Å². The van der Waals surface area contributed by atoms with E-state index in [2.05, 4.69) is 20.4 Å². The van der Waals surface area contributed by atoms with Gasteiger partial charge in [-0.1, -0.05) is 17.7 Å². The Balaban J connectivity index is 1.34. The number of nitrogens with one attached hydrogen (secondary N) is 2. The van der Waals surface area contributed by atoms with Gasteiger partial charge in [0.05, 0.1) is 0 Å². The van der Waals surface area contributed by atoms with E-state index >= 15 is 0 Å². The van der Waals surface area contributed by atoms with Gasteiger partial charge in [0.2, 0.25) is 0 Å². The first kappa shape index (κ1) is 16.3. The molecule has 2 aliphatic rings. The minimum Gasteiger partial charge on any atom is -0.349 e. The standard InChI is InChI=1S/C19H23FN4O/c1-12-5-6-16(20)13(9-12)11-24-8-7-14(24)10-21-19(25)18-15-3-2-4-17(15)22-23-18/h5-6,9,14H,2-4,7-8,10-11H2,1H3,(H,21,25)(H,22,23). The fourth-order valence-corrected chi connectivity index (χ4v) is 3.78. The Morgan fingerprint density at radius 2 is 2.32 bits per heavy atom. The van der Waals surface area contributed by atoms with Gasteiger partial charge in [0.15, 0.2) is 5.69 Å². The van der Waals surface area contributed by atoms with Crippen LogP contribution in [0.3, 0.4) is 0 Å². The van der Waals surface area contributed by atoms with E-state index in [9.17, 15) is 9.18 Å². The summed E-state index contributed by atoms with van der Waals surface area (Å²) in [5, 5.41) is 10.1. The average Bonchev–Trinajstić information content (AvgIpc) is 3.17. The molecule has 0 bridgehead atoms. The lowest BCUT2D eigenvalue weighted by atomic mass is 10.0. The molecule has 0 saturated carbocycles. The normalized spacial score (nSPS) is 19.5. The number of rotatable bonds is 5. The smallest absolute Gasteiger partial charge is 0.272 e. The summed E-state index contributed by atoms with van der Waals surface area (Å²) in [5.74, 6) is -0.264. The van der Waals surface area contributed by atoms with Crippen molar-refractivity contribution in [2.45, 2.75) is 45.2 Å². The second-order valence-corrected chi connectivity index (χ2v) is 7.10. The lowest BCUT2D eigenvalue weighted by molar-refractivity contribution is 0.0721. The topological polar surface area (TPSA) is 61.0 Å². The van der Waals surface area contributed by atoms with Crippen molar-refractivity contribution >= 4 is 5.91 Å². The van der Waals surface area contributed by atoms with Crippen LogP contribution in [0, 0.1) is 12.7 Å². The molecule has 2 N–H and O–H groups in total. The zero-order chi connectivity index (χ0) is 17.4. The quantitative estimate of drug-likeness (QED) is 0.877. The van der Waals surface area contributed by atoms with Gasteiger partial charge in [0.25, 0.3) is 5.91 Å². The largest absolute Gasteiger partial charge is 0.349 e. The first-order valence-corrected chi connectivity index (χ1v) is 8.95. The van der Waals surface area contributed by atoms with Crippen LogP contribution in [0.4, 0.5) is 4.39 Å². The van der Waals surface area contributed by atoms with E-state index < -0.39 is 0 Å². The van der Waals surface area contributed by atoms with E-state index in [-0.39, 0.29) is 17.8 Å². The number of hydrogen-bond acceptors (Lipinski definition) is 3. The predicted molar refractivity (Wildman–Crippen MR) is 92.9 cm³/mol. The number of hydrogen-bond donors (Lipinski definition) is 2. The van der Waals surface area contributed by atoms with Gasteiger partial charge in [-0.3, -0.25) is 14.8 Å². The number of aromatic nitrogens is 2. The number of carbonyl (C=O) groups is 1. The predicted octanol–water partition coefficient (Wildman–Crippen LogP) is 2.35. The average molecular weight is 342 g/mol. The Kier molecular flexibility index (Phi) is 4.29. The summed E-state index contributed by atoms with van der Waals surface area (Å²) in [6, 6.07) is 5.47. The van der Waals surface area contributed by atoms with E-state index in [1.807, 2.05) is 13.0 Å². The molecule has 2 aromatic rings. The number of benzene rings is 1. The second kappa shape index (κ2) is 6.59. The lowest BCUT2D eigenvalue weighted by Gasteiger charge is -2.41. The summed E-state index contributed by atoms with van der Waals surface area (Å²) < 4.78 is 13.9. The highest BCUT2D eigenvalue weighted by Crippen LogP contribution is 2.24. The van der Waals surface area contributed by atoms with E-state index in [1.165, 1.54) is 6.07 Å². The third-order valence-electron chi connectivity index (χ3n) is 5.36. The maximum absolute atomic E-state index is 13.9. The van der Waals surface area contributed by atoms with Gasteiger partial charge in [0.1, 0.15) is 5.82 Å². The summed E-state index contributed by atoms with van der Waals surface area (Å²) in [7, 11) is 0. The van der Waals surface area contributed by atoms with Gasteiger partial charge < -0.3 is 5.32 Å². The Hall–Kier alpha value is -2.21. The van der Waals surface area contributed by atoms with E-state index in [1.54, 1.807) is 6.07 Å². The van der Waals surface area contributed by atoms with Crippen molar-refractivity contribution in [1.29, 1.82) is 0 Å². The molecule has 132 valence electrons. The summed E-state index contributed by atoms with van der Waals surface area (Å²) in [5.41, 5.74) is 4.51. The molecule has 1 unspecified atom stereocenters. The number of aryl methyl sites for hydroxylation is 2. The molecule has 6 heteroatoms. The fourth-order valence-electron chi connectivity index (χ4n) is 3.78. The van der Waals surface area contributed by atoms with Crippen molar-refractivity contribution in [3.63, 3.8) is 0 Å². The number of aromatic amines is 1. The van der Waals surface area contributed by atoms with Crippen LogP contribution in [0.15, 0.2) is 18.2 Å². The summed E-state index contributed by atoms with van der Waals surface area (Å²) in [6.45, 7) is 4.07. The zero-order valence-electron chi connectivity index (χ0n) is 14.4. The van der Waals surface area contributed by atoms with Gasteiger partial charge in [-0.05, 0) is 38.7 Å². The fraction of sp³-hybridized carbons (Fsp3) is 0.474. The molecule has 0 spiro atoms. The SMILES string of the molecule is Cc1ccc(F)c(CN2CCC2CNC(=O)c2n[nH]c3c2CCC3)c1. The summed E-state index contributed by atoms with van der Waals surface area (Å²) >= 11 is 0. The first-order valence-electron chi connectivity index (χ1n) is 8.95. The number of halogens is 1. The van der Waals surface area contributed by atoms with Crippen molar-refractivity contribution in [3.05, 3.63) is 52.1 Å². The monoisotopic (exact) mass is 342 g/mol. The van der Waals surface area contributed by atoms with Gasteiger partial charge in [-0.2, -0.15) is 5.10 Å². The van der Waals surface area contributed by atoms with Crippen LogP contribution in [-0.4, -0.2) is 40.1 Å². The van der Waals surface area contributed by atoms with Gasteiger partial charge in [-0.25, -0.2) is 4.39 Å². The van der Waals surface area contributed by atoms with Crippen molar-refractivity contribution in [2.24, 2.45) is 0 Å². The minimum atomic E-state index is -0.160. The molecule has 1 atom stereocenters. The van der Waals surface area contributed by atoms with E-state index in [0.29, 0.717) is 18.8 Å². The molecule has 1 aromatic heterocycles. The highest BCUT2D eigenvalue weighted by Gasteiger charge is 2.30. The minimum absolute atomic E-state index is 0.104. The van der Waals surface area contributed by atoms with Crippen LogP contribution in [0.5, 0.6) is 0 Å². The summed E-state index contributed by atoms with van der Waals surface area (Å²) in [4.78, 5) is 14.6. The van der Waals surface area contributed by atoms with Crippen LogP contribution >= 0.6 is 0 Å². The molecule has 1 aromatic carbocycles. The third kappa shape index (κ3) is 3.18.